The molecule has 2 heterocycles. The molecule has 0 radical (unpaired) electrons. The van der Waals surface area contributed by atoms with Crippen LogP contribution in [0.4, 0.5) is 0 Å². The summed E-state index contributed by atoms with van der Waals surface area (Å²) in [5.41, 5.74) is 1.59. The van der Waals surface area contributed by atoms with E-state index in [1.165, 1.54) is 25.7 Å². The summed E-state index contributed by atoms with van der Waals surface area (Å²) in [6, 6.07) is 1.86. The first-order valence-electron chi connectivity index (χ1n) is 14.0. The zero-order valence-corrected chi connectivity index (χ0v) is 21.9. The Balaban J connectivity index is 1.27. The molecule has 9 atom stereocenters. The summed E-state index contributed by atoms with van der Waals surface area (Å²) in [7, 11) is 0. The van der Waals surface area contributed by atoms with Crippen molar-refractivity contribution < 1.29 is 9.90 Å². The number of carbonyl (C=O) groups is 1. The second kappa shape index (κ2) is 8.09. The van der Waals surface area contributed by atoms with E-state index in [1.807, 2.05) is 13.0 Å². The number of ketones is 1. The first kappa shape index (κ1) is 23.6. The number of Topliss-reactive ketones (excluding diaryl/α,β-unsaturated/α-hetero) is 1. The smallest absolute Gasteiger partial charge is 0.158 e. The van der Waals surface area contributed by atoms with Crippen molar-refractivity contribution in [2.24, 2.45) is 46.3 Å². The summed E-state index contributed by atoms with van der Waals surface area (Å²) in [5.74, 6) is 3.65. The Morgan fingerprint density at radius 3 is 2.74 bits per heavy atom. The number of carbonyl (C=O) groups excluding carboxylic acids is 1. The van der Waals surface area contributed by atoms with Crippen LogP contribution in [-0.4, -0.2) is 36.5 Å². The maximum Gasteiger partial charge on any atom is 0.158 e. The molecular formula is C29H42N4O2. The van der Waals surface area contributed by atoms with E-state index in [1.54, 1.807) is 17.1 Å². The second-order valence-corrected chi connectivity index (χ2v) is 13.4. The van der Waals surface area contributed by atoms with E-state index in [0.717, 1.165) is 55.0 Å². The summed E-state index contributed by atoms with van der Waals surface area (Å²) >= 11 is 0. The Bertz CT molecular complexity index is 1130. The van der Waals surface area contributed by atoms with Gasteiger partial charge in [-0.1, -0.05) is 32.4 Å². The highest BCUT2D eigenvalue weighted by atomic mass is 16.3. The highest BCUT2D eigenvalue weighted by Crippen LogP contribution is 2.69. The molecular weight excluding hydrogens is 436 g/mol. The van der Waals surface area contributed by atoms with Gasteiger partial charge < -0.3 is 5.11 Å². The highest BCUT2D eigenvalue weighted by molar-refractivity contribution is 5.84. The topological polar surface area (TPSA) is 80.9 Å². The average molecular weight is 479 g/mol. The van der Waals surface area contributed by atoms with Gasteiger partial charge in [0, 0.05) is 12.1 Å². The van der Waals surface area contributed by atoms with Crippen molar-refractivity contribution in [2.75, 3.05) is 0 Å². The lowest BCUT2D eigenvalue weighted by Gasteiger charge is -2.61. The predicted octanol–water partition coefficient (Wildman–Crippen LogP) is 5.44. The van der Waals surface area contributed by atoms with E-state index in [0.29, 0.717) is 35.5 Å². The van der Waals surface area contributed by atoms with Gasteiger partial charge in [0.1, 0.15) is 17.6 Å². The SMILES string of the molecule is CC[C@@H]1C[C@H]2[C@@H]3CC[C@H]4C[C@](C)(O)CC[C@]4(C)[C@H]3CC[C@]2(C)[C@H]1C(=O)Cn1nnc2ccncc21. The van der Waals surface area contributed by atoms with Crippen LogP contribution in [0.5, 0.6) is 0 Å². The van der Waals surface area contributed by atoms with Crippen LogP contribution in [0.3, 0.4) is 0 Å². The quantitative estimate of drug-likeness (QED) is 0.633. The van der Waals surface area contributed by atoms with Crippen molar-refractivity contribution in [1.29, 1.82) is 0 Å². The van der Waals surface area contributed by atoms with Crippen LogP contribution in [0.1, 0.15) is 85.5 Å². The van der Waals surface area contributed by atoms with Gasteiger partial charge in [-0.25, -0.2) is 4.68 Å². The Hall–Kier alpha value is -1.82. The van der Waals surface area contributed by atoms with Crippen LogP contribution in [0, 0.1) is 46.3 Å². The molecule has 0 aromatic carbocycles. The Labute approximate surface area is 209 Å². The second-order valence-electron chi connectivity index (χ2n) is 13.4. The van der Waals surface area contributed by atoms with Crippen LogP contribution in [0.25, 0.3) is 11.0 Å². The number of rotatable bonds is 4. The number of pyridine rings is 1. The van der Waals surface area contributed by atoms with Crippen LogP contribution in [0.15, 0.2) is 18.5 Å². The van der Waals surface area contributed by atoms with Crippen molar-refractivity contribution in [3.05, 3.63) is 18.5 Å². The van der Waals surface area contributed by atoms with E-state index >= 15 is 0 Å². The predicted molar refractivity (Wildman–Crippen MR) is 135 cm³/mol. The summed E-state index contributed by atoms with van der Waals surface area (Å²) in [5, 5.41) is 19.3. The molecule has 4 aliphatic carbocycles. The summed E-state index contributed by atoms with van der Waals surface area (Å²) in [6.45, 7) is 9.62. The fraction of sp³-hybridized carbons (Fsp3) is 0.793. The zero-order valence-electron chi connectivity index (χ0n) is 21.9. The van der Waals surface area contributed by atoms with Gasteiger partial charge in [-0.3, -0.25) is 9.78 Å². The minimum Gasteiger partial charge on any atom is -0.390 e. The molecule has 0 amide bonds. The molecule has 190 valence electrons. The number of aliphatic hydroxyl groups is 1. The molecule has 4 fully saturated rings. The summed E-state index contributed by atoms with van der Waals surface area (Å²) in [6.07, 6.45) is 13.7. The average Bonchev–Trinajstić information content (AvgIpc) is 3.37. The van der Waals surface area contributed by atoms with Gasteiger partial charge in [0.15, 0.2) is 5.78 Å². The maximum atomic E-state index is 14.0. The van der Waals surface area contributed by atoms with Crippen LogP contribution >= 0.6 is 0 Å². The van der Waals surface area contributed by atoms with E-state index in [2.05, 4.69) is 36.1 Å². The number of fused-ring (bicyclic) bond motifs is 6. The summed E-state index contributed by atoms with van der Waals surface area (Å²) in [4.78, 5) is 18.2. The fourth-order valence-corrected chi connectivity index (χ4v) is 9.82. The van der Waals surface area contributed by atoms with Crippen LogP contribution < -0.4 is 0 Å². The van der Waals surface area contributed by atoms with Crippen molar-refractivity contribution in [2.45, 2.75) is 97.6 Å². The molecule has 0 unspecified atom stereocenters. The number of hydrogen-bond donors (Lipinski definition) is 1. The molecule has 2 aromatic rings. The lowest BCUT2D eigenvalue weighted by Crippen LogP contribution is -2.55. The molecule has 1 N–H and O–H groups in total. The standard InChI is InChI=1S/C29H42N4O2/c1-5-18-14-22-20-7-6-19-15-27(2,35)11-12-28(19,3)21(20)8-10-29(22,4)26(18)25(34)17-33-24-16-30-13-9-23(24)31-32-33/h9,13,16,18-22,26,35H,5-8,10-12,14-15,17H2,1-4H3/t18-,19+,20-,21+,22+,26-,27-,28+,29+/m1/s1. The molecule has 4 saturated carbocycles. The number of hydrogen-bond acceptors (Lipinski definition) is 5. The van der Waals surface area contributed by atoms with Gasteiger partial charge in [0.05, 0.1) is 11.8 Å². The zero-order chi connectivity index (χ0) is 24.6. The molecule has 0 saturated heterocycles. The fourth-order valence-electron chi connectivity index (χ4n) is 9.82. The van der Waals surface area contributed by atoms with Crippen molar-refractivity contribution in [1.82, 2.24) is 20.0 Å². The van der Waals surface area contributed by atoms with Crippen LogP contribution in [0.2, 0.25) is 0 Å². The van der Waals surface area contributed by atoms with Gasteiger partial charge >= 0.3 is 0 Å². The molecule has 35 heavy (non-hydrogen) atoms. The first-order valence-corrected chi connectivity index (χ1v) is 14.0. The molecule has 0 spiro atoms. The Kier molecular flexibility index (Phi) is 5.45. The van der Waals surface area contributed by atoms with Gasteiger partial charge in [-0.05, 0) is 105 Å². The largest absolute Gasteiger partial charge is 0.390 e. The van der Waals surface area contributed by atoms with Crippen molar-refractivity contribution in [3.8, 4) is 0 Å². The molecule has 2 aromatic heterocycles. The third-order valence-electron chi connectivity index (χ3n) is 11.6. The first-order chi connectivity index (χ1) is 16.7. The Morgan fingerprint density at radius 2 is 1.94 bits per heavy atom. The van der Waals surface area contributed by atoms with Gasteiger partial charge in [-0.2, -0.15) is 0 Å². The van der Waals surface area contributed by atoms with Gasteiger partial charge in [0.25, 0.3) is 0 Å². The lowest BCUT2D eigenvalue weighted by molar-refractivity contribution is -0.151. The minimum absolute atomic E-state index is 0.0803. The number of aromatic nitrogens is 4. The van der Waals surface area contributed by atoms with E-state index in [4.69, 9.17) is 0 Å². The molecule has 6 nitrogen and oxygen atoms in total. The highest BCUT2D eigenvalue weighted by Gasteiger charge is 2.63. The van der Waals surface area contributed by atoms with E-state index in [-0.39, 0.29) is 11.3 Å². The van der Waals surface area contributed by atoms with E-state index in [9.17, 15) is 9.90 Å². The third-order valence-corrected chi connectivity index (χ3v) is 11.6. The number of nitrogens with zero attached hydrogens (tertiary/aromatic N) is 4. The van der Waals surface area contributed by atoms with Crippen molar-refractivity contribution in [3.63, 3.8) is 0 Å². The monoisotopic (exact) mass is 478 g/mol. The molecule has 0 aliphatic heterocycles. The lowest BCUT2D eigenvalue weighted by atomic mass is 9.44. The minimum atomic E-state index is -0.487. The Morgan fingerprint density at radius 1 is 1.11 bits per heavy atom. The van der Waals surface area contributed by atoms with Gasteiger partial charge in [-0.15, -0.1) is 5.10 Å². The van der Waals surface area contributed by atoms with Crippen molar-refractivity contribution >= 4 is 16.8 Å². The molecule has 6 rings (SSSR count). The third kappa shape index (κ3) is 3.53. The van der Waals surface area contributed by atoms with Gasteiger partial charge in [0.2, 0.25) is 0 Å². The molecule has 0 bridgehead atoms. The molecule has 4 aliphatic rings. The van der Waals surface area contributed by atoms with E-state index < -0.39 is 5.60 Å². The normalized spacial score (nSPS) is 45.1. The maximum absolute atomic E-state index is 14.0. The van der Waals surface area contributed by atoms with Crippen LogP contribution in [-0.2, 0) is 11.3 Å². The summed E-state index contributed by atoms with van der Waals surface area (Å²) < 4.78 is 1.76. The molecule has 6 heteroatoms.